The fourth-order valence-corrected chi connectivity index (χ4v) is 1.90. The van der Waals surface area contributed by atoms with Crippen LogP contribution < -0.4 is 5.32 Å². The molecule has 0 aliphatic heterocycles. The first-order chi connectivity index (χ1) is 9.03. The largest absolute Gasteiger partial charge is 0.411 e. The van der Waals surface area contributed by atoms with Gasteiger partial charge in [-0.2, -0.15) is 13.2 Å². The molecule has 1 unspecified atom stereocenters. The minimum absolute atomic E-state index is 0.133. The highest BCUT2D eigenvalue weighted by atomic mass is 19.4. The van der Waals surface area contributed by atoms with E-state index in [1.165, 1.54) is 0 Å². The summed E-state index contributed by atoms with van der Waals surface area (Å²) in [5.41, 5.74) is 1.15. The lowest BCUT2D eigenvalue weighted by atomic mass is 10.0. The number of rotatable bonds is 8. The van der Waals surface area contributed by atoms with Crippen molar-refractivity contribution in [1.29, 1.82) is 0 Å². The van der Waals surface area contributed by atoms with E-state index in [0.29, 0.717) is 6.42 Å². The first-order valence-electron chi connectivity index (χ1n) is 6.45. The molecule has 19 heavy (non-hydrogen) atoms. The highest BCUT2D eigenvalue weighted by Crippen LogP contribution is 2.19. The number of nitrogens with one attached hydrogen (secondary N) is 1. The van der Waals surface area contributed by atoms with Crippen LogP contribution in [0.5, 0.6) is 0 Å². The second kappa shape index (κ2) is 8.17. The van der Waals surface area contributed by atoms with E-state index in [9.17, 15) is 13.2 Å². The molecule has 1 rings (SSSR count). The zero-order chi connectivity index (χ0) is 14.1. The molecule has 1 atom stereocenters. The van der Waals surface area contributed by atoms with Crippen LogP contribution in [0.4, 0.5) is 13.2 Å². The molecule has 1 aromatic carbocycles. The zero-order valence-corrected chi connectivity index (χ0v) is 11.0. The Labute approximate surface area is 112 Å². The van der Waals surface area contributed by atoms with Crippen LogP contribution in [0.25, 0.3) is 0 Å². The summed E-state index contributed by atoms with van der Waals surface area (Å²) >= 11 is 0. The minimum Gasteiger partial charge on any atom is -0.372 e. The summed E-state index contributed by atoms with van der Waals surface area (Å²) in [6.07, 6.45) is -2.88. The van der Waals surface area contributed by atoms with Crippen molar-refractivity contribution in [3.8, 4) is 0 Å². The van der Waals surface area contributed by atoms with Gasteiger partial charge in [-0.05, 0) is 24.9 Å². The molecular formula is C14H20F3NO. The van der Waals surface area contributed by atoms with Gasteiger partial charge in [0, 0.05) is 12.6 Å². The van der Waals surface area contributed by atoms with Crippen LogP contribution in [0, 0.1) is 0 Å². The fourth-order valence-electron chi connectivity index (χ4n) is 1.90. The number of benzene rings is 1. The lowest BCUT2D eigenvalue weighted by molar-refractivity contribution is -0.174. The average molecular weight is 275 g/mol. The van der Waals surface area contributed by atoms with Crippen LogP contribution in [0.2, 0.25) is 0 Å². The Morgan fingerprint density at radius 1 is 1.21 bits per heavy atom. The topological polar surface area (TPSA) is 21.3 Å². The van der Waals surface area contributed by atoms with Crippen molar-refractivity contribution in [1.82, 2.24) is 5.32 Å². The highest BCUT2D eigenvalue weighted by molar-refractivity contribution is 5.18. The molecule has 0 aromatic heterocycles. The first kappa shape index (κ1) is 16.0. The van der Waals surface area contributed by atoms with Crippen molar-refractivity contribution in [3.63, 3.8) is 0 Å². The van der Waals surface area contributed by atoms with Crippen molar-refractivity contribution in [2.75, 3.05) is 19.8 Å². The molecule has 0 heterocycles. The van der Waals surface area contributed by atoms with Gasteiger partial charge in [-0.1, -0.05) is 37.3 Å². The van der Waals surface area contributed by atoms with Crippen LogP contribution >= 0.6 is 0 Å². The Balaban J connectivity index is 2.31. The number of halogens is 3. The molecule has 0 saturated carbocycles. The molecule has 2 nitrogen and oxygen atoms in total. The minimum atomic E-state index is -4.24. The fraction of sp³-hybridized carbons (Fsp3) is 0.571. The summed E-state index contributed by atoms with van der Waals surface area (Å²) in [4.78, 5) is 0. The standard InChI is InChI=1S/C14H20F3NO/c1-2-18-13(12-7-4-3-5-8-12)9-6-10-19-11-14(15,16)17/h3-5,7-8,13,18H,2,6,9-11H2,1H3. The monoisotopic (exact) mass is 275 g/mol. The van der Waals surface area contributed by atoms with Crippen LogP contribution in [-0.2, 0) is 4.74 Å². The van der Waals surface area contributed by atoms with Crippen molar-refractivity contribution in [2.45, 2.75) is 32.0 Å². The molecule has 0 saturated heterocycles. The molecule has 1 N–H and O–H groups in total. The maximum atomic E-state index is 11.9. The van der Waals surface area contributed by atoms with E-state index in [0.717, 1.165) is 18.5 Å². The predicted octanol–water partition coefficient (Wildman–Crippen LogP) is 3.70. The number of alkyl halides is 3. The van der Waals surface area contributed by atoms with Gasteiger partial charge >= 0.3 is 6.18 Å². The molecule has 0 bridgehead atoms. The lowest BCUT2D eigenvalue weighted by Crippen LogP contribution is -2.22. The molecule has 0 fully saturated rings. The van der Waals surface area contributed by atoms with E-state index < -0.39 is 12.8 Å². The Morgan fingerprint density at radius 2 is 1.89 bits per heavy atom. The lowest BCUT2D eigenvalue weighted by Gasteiger charge is -2.18. The Bertz CT molecular complexity index is 340. The van der Waals surface area contributed by atoms with Crippen molar-refractivity contribution < 1.29 is 17.9 Å². The summed E-state index contributed by atoms with van der Waals surface area (Å²) in [5, 5.41) is 3.33. The van der Waals surface area contributed by atoms with Crippen LogP contribution in [0.15, 0.2) is 30.3 Å². The molecule has 0 aliphatic rings. The van der Waals surface area contributed by atoms with Gasteiger partial charge in [0.1, 0.15) is 6.61 Å². The zero-order valence-electron chi connectivity index (χ0n) is 11.0. The normalized spacial score (nSPS) is 13.5. The predicted molar refractivity (Wildman–Crippen MR) is 69.0 cm³/mol. The summed E-state index contributed by atoms with van der Waals surface area (Å²) in [6.45, 7) is 1.80. The quantitative estimate of drug-likeness (QED) is 0.730. The first-order valence-corrected chi connectivity index (χ1v) is 6.45. The smallest absolute Gasteiger partial charge is 0.372 e. The van der Waals surface area contributed by atoms with E-state index in [1.54, 1.807) is 0 Å². The van der Waals surface area contributed by atoms with E-state index in [1.807, 2.05) is 37.3 Å². The third kappa shape index (κ3) is 7.18. The van der Waals surface area contributed by atoms with Gasteiger partial charge in [-0.3, -0.25) is 0 Å². The highest BCUT2D eigenvalue weighted by Gasteiger charge is 2.27. The third-order valence-electron chi connectivity index (χ3n) is 2.70. The van der Waals surface area contributed by atoms with Crippen molar-refractivity contribution in [3.05, 3.63) is 35.9 Å². The average Bonchev–Trinajstić information content (AvgIpc) is 2.37. The van der Waals surface area contributed by atoms with Crippen molar-refractivity contribution >= 4 is 0 Å². The third-order valence-corrected chi connectivity index (χ3v) is 2.70. The van der Waals surface area contributed by atoms with Gasteiger partial charge in [0.15, 0.2) is 0 Å². The SMILES string of the molecule is CCNC(CCCOCC(F)(F)F)c1ccccc1. The molecule has 108 valence electrons. The summed E-state index contributed by atoms with van der Waals surface area (Å²) in [5.74, 6) is 0. The number of ether oxygens (including phenoxy) is 1. The van der Waals surface area contributed by atoms with E-state index in [-0.39, 0.29) is 12.6 Å². The molecule has 0 spiro atoms. The second-order valence-electron chi connectivity index (χ2n) is 4.33. The molecular weight excluding hydrogens is 255 g/mol. The molecule has 0 amide bonds. The van der Waals surface area contributed by atoms with Crippen molar-refractivity contribution in [2.24, 2.45) is 0 Å². The van der Waals surface area contributed by atoms with Crippen LogP contribution in [0.3, 0.4) is 0 Å². The van der Waals surface area contributed by atoms with E-state index >= 15 is 0 Å². The molecule has 0 radical (unpaired) electrons. The van der Waals surface area contributed by atoms with Gasteiger partial charge in [0.05, 0.1) is 0 Å². The summed E-state index contributed by atoms with van der Waals surface area (Å²) < 4.78 is 40.3. The van der Waals surface area contributed by atoms with Gasteiger partial charge < -0.3 is 10.1 Å². The summed E-state index contributed by atoms with van der Waals surface area (Å²) in [6, 6.07) is 10.1. The van der Waals surface area contributed by atoms with Gasteiger partial charge in [-0.15, -0.1) is 0 Å². The maximum absolute atomic E-state index is 11.9. The van der Waals surface area contributed by atoms with Crippen LogP contribution in [-0.4, -0.2) is 25.9 Å². The molecule has 1 aromatic rings. The Hall–Kier alpha value is -1.07. The van der Waals surface area contributed by atoms with Gasteiger partial charge in [0.2, 0.25) is 0 Å². The number of hydrogen-bond donors (Lipinski definition) is 1. The Kier molecular flexibility index (Phi) is 6.87. The Morgan fingerprint density at radius 3 is 2.47 bits per heavy atom. The van der Waals surface area contributed by atoms with Gasteiger partial charge in [0.25, 0.3) is 0 Å². The molecule has 5 heteroatoms. The van der Waals surface area contributed by atoms with E-state index in [4.69, 9.17) is 0 Å². The second-order valence-corrected chi connectivity index (χ2v) is 4.33. The maximum Gasteiger partial charge on any atom is 0.411 e. The van der Waals surface area contributed by atoms with Gasteiger partial charge in [-0.25, -0.2) is 0 Å². The van der Waals surface area contributed by atoms with Crippen LogP contribution in [0.1, 0.15) is 31.4 Å². The van der Waals surface area contributed by atoms with E-state index in [2.05, 4.69) is 10.1 Å². The molecule has 0 aliphatic carbocycles. The summed E-state index contributed by atoms with van der Waals surface area (Å²) in [7, 11) is 0. The number of hydrogen-bond acceptors (Lipinski definition) is 2.